The maximum atomic E-state index is 12.0. The van der Waals surface area contributed by atoms with Gasteiger partial charge in [0.15, 0.2) is 0 Å². The quantitative estimate of drug-likeness (QED) is 0.0258. The summed E-state index contributed by atoms with van der Waals surface area (Å²) in [6, 6.07) is 0. The van der Waals surface area contributed by atoms with Gasteiger partial charge < -0.3 is 20.1 Å². The van der Waals surface area contributed by atoms with Gasteiger partial charge in [-0.3, -0.25) is 18.6 Å². The lowest BCUT2D eigenvalue weighted by Gasteiger charge is -2.15. The molecule has 1 amide bonds. The first kappa shape index (κ1) is 46.2. The monoisotopic (exact) mass is 699 g/mol. The highest BCUT2D eigenvalue weighted by molar-refractivity contribution is 7.47. The van der Waals surface area contributed by atoms with Crippen molar-refractivity contribution >= 4 is 19.7 Å². The van der Waals surface area contributed by atoms with E-state index in [0.29, 0.717) is 6.42 Å². The highest BCUT2D eigenvalue weighted by Crippen LogP contribution is 2.42. The smallest absolute Gasteiger partial charge is 0.463 e. The largest absolute Gasteiger partial charge is 0.472 e. The molecule has 0 aromatic heterocycles. The summed E-state index contributed by atoms with van der Waals surface area (Å²) in [7, 11) is -4.41. The fourth-order valence-electron chi connectivity index (χ4n) is 4.86. The second-order valence-electron chi connectivity index (χ2n) is 12.5. The zero-order chi connectivity index (χ0) is 35.4. The predicted molar refractivity (Wildman–Crippen MR) is 197 cm³/mol. The van der Waals surface area contributed by atoms with Crippen molar-refractivity contribution in [2.24, 2.45) is 0 Å². The Balaban J connectivity index is 3.66. The fraction of sp³-hybridized carbons (Fsp3) is 0.789. The molecule has 0 rings (SSSR count). The van der Waals surface area contributed by atoms with Gasteiger partial charge in [-0.05, 0) is 64.2 Å². The summed E-state index contributed by atoms with van der Waals surface area (Å²) in [5.41, 5.74) is 0. The van der Waals surface area contributed by atoms with Crippen LogP contribution in [0.25, 0.3) is 0 Å². The number of aliphatic hydroxyl groups excluding tert-OH is 1. The molecule has 0 aromatic rings. The zero-order valence-corrected chi connectivity index (χ0v) is 31.3. The molecule has 0 aliphatic rings. The topological polar surface area (TPSA) is 131 Å². The van der Waals surface area contributed by atoms with Crippen LogP contribution in [0.4, 0.5) is 0 Å². The Kier molecular flexibility index (Phi) is 33.8. The highest BCUT2D eigenvalue weighted by Gasteiger charge is 2.23. The minimum Gasteiger partial charge on any atom is -0.463 e. The van der Waals surface area contributed by atoms with Gasteiger partial charge in [0.05, 0.1) is 13.2 Å². The van der Waals surface area contributed by atoms with Crippen LogP contribution < -0.4 is 5.32 Å². The first-order valence-corrected chi connectivity index (χ1v) is 20.5. The molecule has 2 atom stereocenters. The fourth-order valence-corrected chi connectivity index (χ4v) is 5.62. The van der Waals surface area contributed by atoms with E-state index in [4.69, 9.17) is 13.8 Å². The molecule has 280 valence electrons. The van der Waals surface area contributed by atoms with Crippen molar-refractivity contribution in [1.29, 1.82) is 0 Å². The molecule has 10 heteroatoms. The normalized spacial score (nSPS) is 13.8. The van der Waals surface area contributed by atoms with Crippen LogP contribution in [0.2, 0.25) is 0 Å². The van der Waals surface area contributed by atoms with Crippen LogP contribution in [-0.2, 0) is 27.9 Å². The number of carbonyl (C=O) groups is 2. The Morgan fingerprint density at radius 3 is 1.75 bits per heavy atom. The lowest BCUT2D eigenvalue weighted by molar-refractivity contribution is -0.147. The number of rotatable bonds is 35. The zero-order valence-electron chi connectivity index (χ0n) is 30.4. The Morgan fingerprint density at radius 1 is 0.646 bits per heavy atom. The molecule has 0 aliphatic carbocycles. The minimum atomic E-state index is -4.41. The number of aliphatic hydroxyl groups is 1. The highest BCUT2D eigenvalue weighted by atomic mass is 31.2. The van der Waals surface area contributed by atoms with E-state index in [1.807, 2.05) is 0 Å². The number of amides is 1. The van der Waals surface area contributed by atoms with E-state index >= 15 is 0 Å². The summed E-state index contributed by atoms with van der Waals surface area (Å²) in [6.45, 7) is 3.45. The van der Waals surface area contributed by atoms with Gasteiger partial charge in [-0.1, -0.05) is 121 Å². The second-order valence-corrected chi connectivity index (χ2v) is 14.0. The van der Waals surface area contributed by atoms with E-state index in [9.17, 15) is 24.2 Å². The van der Waals surface area contributed by atoms with Crippen LogP contribution in [0.5, 0.6) is 0 Å². The van der Waals surface area contributed by atoms with Crippen molar-refractivity contribution in [3.63, 3.8) is 0 Å². The third kappa shape index (κ3) is 35.5. The number of phosphoric ester groups is 1. The standard InChI is InChI=1S/C38H70NO8P/c1-3-5-7-9-11-13-15-16-17-18-19-21-23-25-27-29-31-38(42)45-34-36(40)35-47-48(43,44)46-33-32-39-37(41)30-28-26-24-22-20-14-12-10-8-6-4-2/h10,12-13,15,17-18,36,40H,3-9,11,14,16,19-35H2,1-2H3,(H,39,41)(H,43,44)/b12-10-,15-13-,18-17-. The summed E-state index contributed by atoms with van der Waals surface area (Å²) in [4.78, 5) is 33.7. The molecule has 48 heavy (non-hydrogen) atoms. The predicted octanol–water partition coefficient (Wildman–Crippen LogP) is 9.82. The molecule has 0 heterocycles. The molecule has 3 N–H and O–H groups in total. The summed E-state index contributed by atoms with van der Waals surface area (Å²) in [5.74, 6) is -0.543. The molecule has 0 spiro atoms. The molecule has 0 radical (unpaired) electrons. The number of hydrogen-bond donors (Lipinski definition) is 3. The third-order valence-corrected chi connectivity index (χ3v) is 8.78. The number of esters is 1. The Labute approximate surface area is 293 Å². The van der Waals surface area contributed by atoms with Crippen molar-refractivity contribution in [2.75, 3.05) is 26.4 Å². The van der Waals surface area contributed by atoms with Crippen LogP contribution in [0.15, 0.2) is 36.5 Å². The van der Waals surface area contributed by atoms with Gasteiger partial charge in [-0.15, -0.1) is 0 Å². The molecule has 0 aliphatic heterocycles. The first-order valence-electron chi connectivity index (χ1n) is 19.0. The van der Waals surface area contributed by atoms with Crippen molar-refractivity contribution in [3.8, 4) is 0 Å². The summed E-state index contributed by atoms with van der Waals surface area (Å²) in [6.07, 6.45) is 36.4. The summed E-state index contributed by atoms with van der Waals surface area (Å²) < 4.78 is 26.7. The molecule has 0 aromatic carbocycles. The van der Waals surface area contributed by atoms with Crippen LogP contribution in [-0.4, -0.2) is 54.3 Å². The lowest BCUT2D eigenvalue weighted by atomic mass is 10.1. The molecular weight excluding hydrogens is 629 g/mol. The number of carbonyl (C=O) groups excluding carboxylic acids is 2. The molecule has 0 fully saturated rings. The molecule has 2 unspecified atom stereocenters. The average Bonchev–Trinajstić information content (AvgIpc) is 3.07. The molecule has 9 nitrogen and oxygen atoms in total. The maximum absolute atomic E-state index is 12.0. The van der Waals surface area contributed by atoms with Crippen LogP contribution in [0.3, 0.4) is 0 Å². The molecular formula is C38H70NO8P. The van der Waals surface area contributed by atoms with Crippen LogP contribution >= 0.6 is 7.82 Å². The van der Waals surface area contributed by atoms with Gasteiger partial charge in [-0.25, -0.2) is 4.57 Å². The van der Waals surface area contributed by atoms with E-state index in [-0.39, 0.29) is 32.1 Å². The van der Waals surface area contributed by atoms with Crippen LogP contribution in [0.1, 0.15) is 162 Å². The Morgan fingerprint density at radius 2 is 1.15 bits per heavy atom. The summed E-state index contributed by atoms with van der Waals surface area (Å²) >= 11 is 0. The van der Waals surface area contributed by atoms with E-state index in [2.05, 4.69) is 55.6 Å². The number of hydrogen-bond acceptors (Lipinski definition) is 7. The summed E-state index contributed by atoms with van der Waals surface area (Å²) in [5, 5.41) is 12.6. The molecule has 0 saturated carbocycles. The van der Waals surface area contributed by atoms with Gasteiger partial charge in [-0.2, -0.15) is 0 Å². The van der Waals surface area contributed by atoms with E-state index in [0.717, 1.165) is 77.0 Å². The average molecular weight is 700 g/mol. The number of nitrogens with one attached hydrogen (secondary N) is 1. The van der Waals surface area contributed by atoms with Gasteiger partial charge in [0.1, 0.15) is 12.7 Å². The van der Waals surface area contributed by atoms with E-state index < -0.39 is 26.5 Å². The molecule has 0 bridgehead atoms. The Hall–Kier alpha value is -1.77. The van der Waals surface area contributed by atoms with E-state index in [1.54, 1.807) is 0 Å². The van der Waals surface area contributed by atoms with Gasteiger partial charge in [0.2, 0.25) is 5.91 Å². The van der Waals surface area contributed by atoms with Crippen molar-refractivity contribution < 1.29 is 37.9 Å². The Bertz CT molecular complexity index is 892. The molecule has 0 saturated heterocycles. The number of allylic oxidation sites excluding steroid dienone is 6. The van der Waals surface area contributed by atoms with Crippen molar-refractivity contribution in [1.82, 2.24) is 5.32 Å². The number of ether oxygens (including phenoxy) is 1. The number of phosphoric acid groups is 1. The lowest BCUT2D eigenvalue weighted by Crippen LogP contribution is -2.27. The maximum Gasteiger partial charge on any atom is 0.472 e. The van der Waals surface area contributed by atoms with Gasteiger partial charge >= 0.3 is 13.8 Å². The van der Waals surface area contributed by atoms with Crippen molar-refractivity contribution in [2.45, 2.75) is 168 Å². The van der Waals surface area contributed by atoms with Gasteiger partial charge in [0.25, 0.3) is 0 Å². The second kappa shape index (κ2) is 35.1. The minimum absolute atomic E-state index is 0.0749. The van der Waals surface area contributed by atoms with Crippen LogP contribution in [0, 0.1) is 0 Å². The van der Waals surface area contributed by atoms with Crippen molar-refractivity contribution in [3.05, 3.63) is 36.5 Å². The van der Waals surface area contributed by atoms with Gasteiger partial charge in [0, 0.05) is 19.4 Å². The third-order valence-electron chi connectivity index (χ3n) is 7.79. The SMILES string of the molecule is CCCC/C=C\CCCCCCCC(=O)NCCOP(=O)(O)OCC(O)COC(=O)CCCCCCC/C=C\C/C=C\CCCCCC. The number of unbranched alkanes of at least 4 members (excludes halogenated alkanes) is 16. The first-order chi connectivity index (χ1) is 23.3. The van der Waals surface area contributed by atoms with E-state index in [1.165, 1.54) is 57.8 Å².